The van der Waals surface area contributed by atoms with Crippen molar-refractivity contribution in [2.75, 3.05) is 20.6 Å². The van der Waals surface area contributed by atoms with Crippen molar-refractivity contribution in [1.29, 1.82) is 0 Å². The normalized spacial score (nSPS) is 12.3. The van der Waals surface area contributed by atoms with Crippen LogP contribution in [0.15, 0.2) is 64.1 Å². The van der Waals surface area contributed by atoms with Crippen LogP contribution in [0.25, 0.3) is 10.9 Å². The number of hydrogen-bond donors (Lipinski definition) is 1. The van der Waals surface area contributed by atoms with E-state index in [-0.39, 0.29) is 23.9 Å². The van der Waals surface area contributed by atoms with Gasteiger partial charge in [0, 0.05) is 30.0 Å². The van der Waals surface area contributed by atoms with E-state index >= 15 is 0 Å². The first kappa shape index (κ1) is 21.2. The zero-order valence-electron chi connectivity index (χ0n) is 16.6. The van der Waals surface area contributed by atoms with Crippen molar-refractivity contribution in [2.24, 2.45) is 0 Å². The van der Waals surface area contributed by atoms with E-state index in [9.17, 15) is 9.59 Å². The first-order valence-corrected chi connectivity index (χ1v) is 10.3. The summed E-state index contributed by atoms with van der Waals surface area (Å²) in [6, 6.07) is 15.5. The van der Waals surface area contributed by atoms with Gasteiger partial charge in [-0.05, 0) is 44.3 Å². The van der Waals surface area contributed by atoms with Gasteiger partial charge in [0.1, 0.15) is 0 Å². The molecule has 152 valence electrons. The molecule has 1 atom stereocenters. The summed E-state index contributed by atoms with van der Waals surface area (Å²) in [6.45, 7) is 1.03. The number of halogens is 1. The molecule has 1 heterocycles. The van der Waals surface area contributed by atoms with Gasteiger partial charge in [0.15, 0.2) is 0 Å². The van der Waals surface area contributed by atoms with Gasteiger partial charge < -0.3 is 10.2 Å². The molecule has 0 bridgehead atoms. The Balaban J connectivity index is 1.65. The molecule has 6 nitrogen and oxygen atoms in total. The second-order valence-electron chi connectivity index (χ2n) is 7.37. The summed E-state index contributed by atoms with van der Waals surface area (Å²) < 4.78 is 2.32. The highest BCUT2D eigenvalue weighted by Crippen LogP contribution is 2.14. The van der Waals surface area contributed by atoms with Crippen LogP contribution >= 0.6 is 15.9 Å². The number of likely N-dealkylation sites (N-methyl/N-ethyl adjacent to an activating group) is 1. The minimum Gasteiger partial charge on any atom is -0.352 e. The molecule has 1 aromatic heterocycles. The van der Waals surface area contributed by atoms with E-state index < -0.39 is 0 Å². The fourth-order valence-corrected chi connectivity index (χ4v) is 3.67. The lowest BCUT2D eigenvalue weighted by atomic mass is 10.1. The van der Waals surface area contributed by atoms with Crippen LogP contribution in [0.4, 0.5) is 0 Å². The Morgan fingerprint density at radius 2 is 1.97 bits per heavy atom. The Kier molecular flexibility index (Phi) is 7.17. The van der Waals surface area contributed by atoms with E-state index in [0.717, 1.165) is 17.4 Å². The maximum atomic E-state index is 12.7. The summed E-state index contributed by atoms with van der Waals surface area (Å²) in [6.07, 6.45) is 2.49. The molecule has 3 rings (SSSR count). The van der Waals surface area contributed by atoms with Crippen molar-refractivity contribution in [3.63, 3.8) is 0 Å². The Hall–Kier alpha value is -2.51. The van der Waals surface area contributed by atoms with Crippen LogP contribution in [0.2, 0.25) is 0 Å². The number of carbonyl (C=O) groups excluding carboxylic acids is 1. The number of hydrogen-bond acceptors (Lipinski definition) is 4. The molecule has 0 aliphatic rings. The predicted molar refractivity (Wildman–Crippen MR) is 119 cm³/mol. The molecule has 0 fully saturated rings. The maximum absolute atomic E-state index is 12.7. The van der Waals surface area contributed by atoms with Crippen LogP contribution in [0.5, 0.6) is 0 Å². The molecule has 0 spiro atoms. The third-order valence-corrected chi connectivity index (χ3v) is 5.13. The van der Waals surface area contributed by atoms with Gasteiger partial charge in [0.25, 0.3) is 5.56 Å². The molecular formula is C22H25BrN4O2. The summed E-state index contributed by atoms with van der Waals surface area (Å²) in [4.78, 5) is 31.6. The van der Waals surface area contributed by atoms with Gasteiger partial charge in [-0.3, -0.25) is 14.2 Å². The number of benzene rings is 2. The number of amides is 1. The Morgan fingerprint density at radius 1 is 1.21 bits per heavy atom. The van der Waals surface area contributed by atoms with Crippen LogP contribution in [-0.4, -0.2) is 47.0 Å². The van der Waals surface area contributed by atoms with Gasteiger partial charge in [0.2, 0.25) is 5.91 Å². The number of fused-ring (bicyclic) bond motifs is 1. The van der Waals surface area contributed by atoms with E-state index in [1.807, 2.05) is 38.4 Å². The molecule has 2 aromatic carbocycles. The van der Waals surface area contributed by atoms with Crippen molar-refractivity contribution in [1.82, 2.24) is 19.8 Å². The van der Waals surface area contributed by atoms with Gasteiger partial charge in [-0.2, -0.15) is 0 Å². The van der Waals surface area contributed by atoms with E-state index in [1.54, 1.807) is 12.1 Å². The van der Waals surface area contributed by atoms with E-state index in [0.29, 0.717) is 17.4 Å². The zero-order valence-corrected chi connectivity index (χ0v) is 18.2. The van der Waals surface area contributed by atoms with Crippen LogP contribution < -0.4 is 10.9 Å². The Labute approximate surface area is 178 Å². The van der Waals surface area contributed by atoms with Crippen molar-refractivity contribution >= 4 is 32.7 Å². The minimum atomic E-state index is -0.141. The van der Waals surface area contributed by atoms with Gasteiger partial charge in [-0.25, -0.2) is 4.98 Å². The predicted octanol–water partition coefficient (Wildman–Crippen LogP) is 2.84. The van der Waals surface area contributed by atoms with Crippen LogP contribution in [0, 0.1) is 0 Å². The molecule has 0 aliphatic heterocycles. The van der Waals surface area contributed by atoms with E-state index in [4.69, 9.17) is 0 Å². The molecule has 0 saturated heterocycles. The highest BCUT2D eigenvalue weighted by atomic mass is 79.9. The largest absolute Gasteiger partial charge is 0.352 e. The number of aromatic nitrogens is 2. The summed E-state index contributed by atoms with van der Waals surface area (Å²) in [5.41, 5.74) is 1.69. The molecule has 3 aromatic rings. The van der Waals surface area contributed by atoms with Crippen LogP contribution in [0.3, 0.4) is 0 Å². The fraction of sp³-hybridized carbons (Fsp3) is 0.318. The second kappa shape index (κ2) is 9.80. The van der Waals surface area contributed by atoms with Crippen molar-refractivity contribution in [3.05, 3.63) is 75.2 Å². The molecule has 1 N–H and O–H groups in total. The zero-order chi connectivity index (χ0) is 20.8. The number of carbonyl (C=O) groups is 1. The van der Waals surface area contributed by atoms with Gasteiger partial charge >= 0.3 is 0 Å². The van der Waals surface area contributed by atoms with Gasteiger partial charge in [-0.15, -0.1) is 0 Å². The minimum absolute atomic E-state index is 0.00214. The van der Waals surface area contributed by atoms with Gasteiger partial charge in [0.05, 0.1) is 17.2 Å². The topological polar surface area (TPSA) is 67.2 Å². The highest BCUT2D eigenvalue weighted by molar-refractivity contribution is 9.10. The lowest BCUT2D eigenvalue weighted by molar-refractivity contribution is -0.122. The van der Waals surface area contributed by atoms with Crippen molar-refractivity contribution in [2.45, 2.75) is 25.4 Å². The molecule has 0 aliphatic carbocycles. The van der Waals surface area contributed by atoms with E-state index in [1.165, 1.54) is 16.5 Å². The SMILES string of the molecule is CN(C)CC(Cc1ccccc1)NC(=O)CCn1cnc2ccc(Br)cc2c1=O. The Morgan fingerprint density at radius 3 is 2.69 bits per heavy atom. The number of rotatable bonds is 8. The maximum Gasteiger partial charge on any atom is 0.261 e. The molecule has 7 heteroatoms. The average Bonchev–Trinajstić information content (AvgIpc) is 2.68. The van der Waals surface area contributed by atoms with Crippen LogP contribution in [0.1, 0.15) is 12.0 Å². The van der Waals surface area contributed by atoms with Crippen LogP contribution in [-0.2, 0) is 17.8 Å². The first-order chi connectivity index (χ1) is 13.9. The summed E-state index contributed by atoms with van der Waals surface area (Å²) >= 11 is 3.38. The third-order valence-electron chi connectivity index (χ3n) is 4.64. The smallest absolute Gasteiger partial charge is 0.261 e. The molecule has 1 unspecified atom stereocenters. The van der Waals surface area contributed by atoms with Crippen molar-refractivity contribution < 1.29 is 4.79 Å². The van der Waals surface area contributed by atoms with Gasteiger partial charge in [-0.1, -0.05) is 46.3 Å². The van der Waals surface area contributed by atoms with E-state index in [2.05, 4.69) is 43.3 Å². The second-order valence-corrected chi connectivity index (χ2v) is 8.29. The fourth-order valence-electron chi connectivity index (χ4n) is 3.31. The highest BCUT2D eigenvalue weighted by Gasteiger charge is 2.15. The Bertz CT molecular complexity index is 1030. The number of nitrogens with one attached hydrogen (secondary N) is 1. The average molecular weight is 457 g/mol. The number of aryl methyl sites for hydroxylation is 1. The standard InChI is InChI=1S/C22H25BrN4O2/c1-26(2)14-18(12-16-6-4-3-5-7-16)25-21(28)10-11-27-15-24-20-9-8-17(23)13-19(20)22(27)29/h3-9,13,15,18H,10-12,14H2,1-2H3,(H,25,28). The number of nitrogens with zero attached hydrogens (tertiary/aromatic N) is 3. The molecule has 1 amide bonds. The first-order valence-electron chi connectivity index (χ1n) is 9.55. The summed E-state index contributed by atoms with van der Waals surface area (Å²) in [5, 5.41) is 3.65. The molecule has 0 radical (unpaired) electrons. The third kappa shape index (κ3) is 5.98. The monoisotopic (exact) mass is 456 g/mol. The molecule has 0 saturated carbocycles. The molecular weight excluding hydrogens is 432 g/mol. The molecule has 29 heavy (non-hydrogen) atoms. The summed E-state index contributed by atoms with van der Waals surface area (Å²) in [5.74, 6) is -0.0750. The lowest BCUT2D eigenvalue weighted by Crippen LogP contribution is -2.43. The quantitative estimate of drug-likeness (QED) is 0.565. The lowest BCUT2D eigenvalue weighted by Gasteiger charge is -2.22. The van der Waals surface area contributed by atoms with Crippen molar-refractivity contribution in [3.8, 4) is 0 Å². The summed E-state index contributed by atoms with van der Waals surface area (Å²) in [7, 11) is 3.98.